The average Bonchev–Trinajstić information content (AvgIpc) is 2.41. The summed E-state index contributed by atoms with van der Waals surface area (Å²) in [5, 5.41) is 1.30. The largest absolute Gasteiger partial charge is 0.379 e. The SMILES string of the molecule is C=CCN=C(N)SCCCCCSC(N)=NCC=C. The predicted octanol–water partition coefficient (Wildman–Crippen LogP) is 2.62. The molecular weight excluding hydrogens is 276 g/mol. The van der Waals surface area contributed by atoms with E-state index < -0.39 is 0 Å². The molecule has 4 nitrogen and oxygen atoms in total. The van der Waals surface area contributed by atoms with Crippen molar-refractivity contribution in [1.82, 2.24) is 0 Å². The van der Waals surface area contributed by atoms with E-state index in [2.05, 4.69) is 23.1 Å². The van der Waals surface area contributed by atoms with Gasteiger partial charge in [0.25, 0.3) is 0 Å². The predicted molar refractivity (Wildman–Crippen MR) is 92.1 cm³/mol. The first-order chi connectivity index (χ1) is 9.20. The van der Waals surface area contributed by atoms with Crippen LogP contribution in [-0.4, -0.2) is 34.9 Å². The van der Waals surface area contributed by atoms with Crippen molar-refractivity contribution in [3.63, 3.8) is 0 Å². The molecule has 0 aromatic carbocycles. The van der Waals surface area contributed by atoms with Gasteiger partial charge in [-0.2, -0.15) is 0 Å². The van der Waals surface area contributed by atoms with E-state index in [1.807, 2.05) is 0 Å². The molecule has 6 heteroatoms. The summed E-state index contributed by atoms with van der Waals surface area (Å²) < 4.78 is 0. The maximum Gasteiger partial charge on any atom is 0.154 e. The second kappa shape index (κ2) is 13.5. The highest BCUT2D eigenvalue weighted by Gasteiger charge is 1.96. The molecule has 0 rings (SSSR count). The fraction of sp³-hybridized carbons (Fsp3) is 0.538. The first kappa shape index (κ1) is 18.1. The van der Waals surface area contributed by atoms with E-state index in [-0.39, 0.29) is 0 Å². The minimum atomic E-state index is 0.596. The van der Waals surface area contributed by atoms with Gasteiger partial charge in [-0.3, -0.25) is 9.98 Å². The molecule has 4 N–H and O–H groups in total. The van der Waals surface area contributed by atoms with Gasteiger partial charge < -0.3 is 11.5 Å². The second-order valence-electron chi connectivity index (χ2n) is 3.69. The number of hydrogen-bond acceptors (Lipinski definition) is 4. The summed E-state index contributed by atoms with van der Waals surface area (Å²) in [5.74, 6) is 2.02. The third-order valence-corrected chi connectivity index (χ3v) is 3.88. The van der Waals surface area contributed by atoms with Crippen molar-refractivity contribution in [2.45, 2.75) is 19.3 Å². The zero-order valence-electron chi connectivity index (χ0n) is 11.4. The monoisotopic (exact) mass is 300 g/mol. The molecular formula is C13H24N4S2. The van der Waals surface area contributed by atoms with Gasteiger partial charge in [0, 0.05) is 11.5 Å². The Hall–Kier alpha value is -0.880. The van der Waals surface area contributed by atoms with Crippen LogP contribution in [0, 0.1) is 0 Å². The summed E-state index contributed by atoms with van der Waals surface area (Å²) in [6.07, 6.45) is 6.92. The van der Waals surface area contributed by atoms with Gasteiger partial charge in [-0.15, -0.1) is 13.2 Å². The van der Waals surface area contributed by atoms with E-state index in [1.54, 1.807) is 35.7 Å². The van der Waals surface area contributed by atoms with Crippen molar-refractivity contribution in [1.29, 1.82) is 0 Å². The standard InChI is InChI=1S/C13H24N4S2/c1-3-8-16-12(14)18-10-6-5-7-11-19-13(15)17-9-4-2/h3-4H,1-2,5-11H2,(H2,14,16)(H2,15,17). The van der Waals surface area contributed by atoms with Crippen molar-refractivity contribution < 1.29 is 0 Å². The molecule has 19 heavy (non-hydrogen) atoms. The molecule has 0 saturated carbocycles. The number of amidine groups is 2. The molecule has 108 valence electrons. The van der Waals surface area contributed by atoms with Gasteiger partial charge in [0.2, 0.25) is 0 Å². The molecule has 0 bridgehead atoms. The normalized spacial score (nSPS) is 12.4. The molecule has 0 atom stereocenters. The Bertz CT molecular complexity index is 284. The van der Waals surface area contributed by atoms with Gasteiger partial charge in [-0.1, -0.05) is 42.1 Å². The fourth-order valence-corrected chi connectivity index (χ4v) is 2.58. The molecule has 0 aliphatic rings. The number of thioether (sulfide) groups is 2. The van der Waals surface area contributed by atoms with Gasteiger partial charge in [-0.25, -0.2) is 0 Å². The summed E-state index contributed by atoms with van der Waals surface area (Å²) in [4.78, 5) is 8.25. The van der Waals surface area contributed by atoms with Crippen molar-refractivity contribution in [3.8, 4) is 0 Å². The number of nitrogens with two attached hydrogens (primary N) is 2. The van der Waals surface area contributed by atoms with Gasteiger partial charge in [0.05, 0.1) is 13.1 Å². The molecule has 0 fully saturated rings. The van der Waals surface area contributed by atoms with Crippen LogP contribution >= 0.6 is 23.5 Å². The Balaban J connectivity index is 3.41. The van der Waals surface area contributed by atoms with Crippen LogP contribution in [0.5, 0.6) is 0 Å². The number of nitrogens with zero attached hydrogens (tertiary/aromatic N) is 2. The summed E-state index contributed by atoms with van der Waals surface area (Å²) in [5.41, 5.74) is 11.4. The van der Waals surface area contributed by atoms with Crippen molar-refractivity contribution in [3.05, 3.63) is 25.3 Å². The molecule has 0 aromatic rings. The van der Waals surface area contributed by atoms with Gasteiger partial charge in [-0.05, 0) is 12.8 Å². The van der Waals surface area contributed by atoms with Gasteiger partial charge >= 0.3 is 0 Å². The summed E-state index contributed by atoms with van der Waals surface area (Å²) in [6.45, 7) is 8.38. The number of hydrogen-bond donors (Lipinski definition) is 2. The lowest BCUT2D eigenvalue weighted by atomic mass is 10.3. The van der Waals surface area contributed by atoms with E-state index in [0.29, 0.717) is 23.4 Å². The van der Waals surface area contributed by atoms with Crippen LogP contribution in [0.15, 0.2) is 35.3 Å². The molecule has 0 spiro atoms. The number of rotatable bonds is 10. The maximum atomic E-state index is 5.71. The molecule has 0 heterocycles. The molecule has 0 aromatic heterocycles. The van der Waals surface area contributed by atoms with E-state index in [9.17, 15) is 0 Å². The minimum Gasteiger partial charge on any atom is -0.379 e. The van der Waals surface area contributed by atoms with Crippen molar-refractivity contribution in [2.75, 3.05) is 24.6 Å². The third kappa shape index (κ3) is 13.4. The molecule has 0 unspecified atom stereocenters. The molecule has 0 aliphatic heterocycles. The minimum absolute atomic E-state index is 0.596. The van der Waals surface area contributed by atoms with Gasteiger partial charge in [0.1, 0.15) is 0 Å². The lowest BCUT2D eigenvalue weighted by molar-refractivity contribution is 0.787. The highest BCUT2D eigenvalue weighted by molar-refractivity contribution is 8.14. The smallest absolute Gasteiger partial charge is 0.154 e. The quantitative estimate of drug-likeness (QED) is 0.281. The highest BCUT2D eigenvalue weighted by Crippen LogP contribution is 2.10. The van der Waals surface area contributed by atoms with E-state index in [4.69, 9.17) is 11.5 Å². The van der Waals surface area contributed by atoms with E-state index in [1.165, 1.54) is 6.42 Å². The molecule has 0 saturated heterocycles. The first-order valence-corrected chi connectivity index (χ1v) is 8.25. The zero-order valence-corrected chi connectivity index (χ0v) is 13.0. The Morgan fingerprint density at radius 2 is 1.26 bits per heavy atom. The average molecular weight is 300 g/mol. The Kier molecular flexibility index (Phi) is 12.9. The molecule has 0 aliphatic carbocycles. The van der Waals surface area contributed by atoms with Crippen LogP contribution in [-0.2, 0) is 0 Å². The number of aliphatic imine (C=N–C) groups is 2. The van der Waals surface area contributed by atoms with Crippen LogP contribution in [0.3, 0.4) is 0 Å². The second-order valence-corrected chi connectivity index (χ2v) is 5.92. The summed E-state index contributed by atoms with van der Waals surface area (Å²) >= 11 is 3.21. The van der Waals surface area contributed by atoms with E-state index >= 15 is 0 Å². The zero-order chi connectivity index (χ0) is 14.3. The Morgan fingerprint density at radius 3 is 1.63 bits per heavy atom. The first-order valence-electron chi connectivity index (χ1n) is 6.28. The topological polar surface area (TPSA) is 76.8 Å². The van der Waals surface area contributed by atoms with Crippen molar-refractivity contribution in [2.24, 2.45) is 21.5 Å². The Morgan fingerprint density at radius 1 is 0.842 bits per heavy atom. The summed E-state index contributed by atoms with van der Waals surface area (Å²) in [6, 6.07) is 0. The van der Waals surface area contributed by atoms with E-state index in [0.717, 1.165) is 24.3 Å². The van der Waals surface area contributed by atoms with Crippen LogP contribution in [0.2, 0.25) is 0 Å². The fourth-order valence-electron chi connectivity index (χ4n) is 1.13. The van der Waals surface area contributed by atoms with Crippen LogP contribution in [0.4, 0.5) is 0 Å². The number of unbranched alkanes of at least 4 members (excludes halogenated alkanes) is 2. The maximum absolute atomic E-state index is 5.71. The Labute approximate surface area is 124 Å². The third-order valence-electron chi connectivity index (χ3n) is 2.04. The molecule has 0 amide bonds. The van der Waals surface area contributed by atoms with Crippen LogP contribution in [0.25, 0.3) is 0 Å². The van der Waals surface area contributed by atoms with Crippen LogP contribution < -0.4 is 11.5 Å². The lowest BCUT2D eigenvalue weighted by Crippen LogP contribution is -2.08. The summed E-state index contributed by atoms with van der Waals surface area (Å²) in [7, 11) is 0. The van der Waals surface area contributed by atoms with Crippen LogP contribution in [0.1, 0.15) is 19.3 Å². The van der Waals surface area contributed by atoms with Crippen molar-refractivity contribution >= 4 is 33.9 Å². The lowest BCUT2D eigenvalue weighted by Gasteiger charge is -2.02. The molecule has 0 radical (unpaired) electrons. The highest BCUT2D eigenvalue weighted by atomic mass is 32.2. The van der Waals surface area contributed by atoms with Gasteiger partial charge in [0.15, 0.2) is 10.3 Å².